The molecule has 3 rings (SSSR count). The standard InChI is InChI=1S/C22H27NO2/c1-15(2)25-21-12-10-18(11-13-21)22(24)23-16(3)19-9-8-17-6-4-5-7-20(17)14-19/h8-16H,4-7H2,1-3H3,(H,23,24)/t16-/m1/s1. The Hall–Kier alpha value is -2.29. The molecule has 0 saturated carbocycles. The van der Waals surface area contributed by atoms with Gasteiger partial charge in [-0.25, -0.2) is 0 Å². The highest BCUT2D eigenvalue weighted by molar-refractivity contribution is 5.94. The van der Waals surface area contributed by atoms with Crippen LogP contribution >= 0.6 is 0 Å². The van der Waals surface area contributed by atoms with Crippen LogP contribution in [0.3, 0.4) is 0 Å². The third-order valence-corrected chi connectivity index (χ3v) is 4.71. The zero-order valence-electron chi connectivity index (χ0n) is 15.3. The largest absolute Gasteiger partial charge is 0.491 e. The number of hydrogen-bond acceptors (Lipinski definition) is 2. The van der Waals surface area contributed by atoms with Gasteiger partial charge in [-0.2, -0.15) is 0 Å². The van der Waals surface area contributed by atoms with Crippen LogP contribution in [-0.4, -0.2) is 12.0 Å². The number of carbonyl (C=O) groups is 1. The minimum Gasteiger partial charge on any atom is -0.491 e. The van der Waals surface area contributed by atoms with E-state index >= 15 is 0 Å². The lowest BCUT2D eigenvalue weighted by Crippen LogP contribution is -2.26. The molecule has 1 aliphatic rings. The summed E-state index contributed by atoms with van der Waals surface area (Å²) in [5.41, 5.74) is 4.74. The van der Waals surface area contributed by atoms with Crippen LogP contribution in [0, 0.1) is 0 Å². The molecule has 0 aromatic heterocycles. The topological polar surface area (TPSA) is 38.3 Å². The van der Waals surface area contributed by atoms with Crippen molar-refractivity contribution in [2.75, 3.05) is 0 Å². The summed E-state index contributed by atoms with van der Waals surface area (Å²) < 4.78 is 5.62. The molecule has 1 aliphatic carbocycles. The monoisotopic (exact) mass is 337 g/mol. The summed E-state index contributed by atoms with van der Waals surface area (Å²) in [6, 6.07) is 13.9. The molecule has 0 spiro atoms. The van der Waals surface area contributed by atoms with Gasteiger partial charge in [0.1, 0.15) is 5.75 Å². The van der Waals surface area contributed by atoms with Crippen molar-refractivity contribution in [1.29, 1.82) is 0 Å². The Balaban J connectivity index is 1.66. The van der Waals surface area contributed by atoms with Gasteiger partial charge in [0.15, 0.2) is 0 Å². The molecule has 0 saturated heterocycles. The number of benzene rings is 2. The first-order valence-electron chi connectivity index (χ1n) is 9.22. The first-order chi connectivity index (χ1) is 12.0. The van der Waals surface area contributed by atoms with E-state index in [1.165, 1.54) is 36.0 Å². The van der Waals surface area contributed by atoms with Crippen molar-refractivity contribution in [3.8, 4) is 5.75 Å². The lowest BCUT2D eigenvalue weighted by atomic mass is 9.89. The molecule has 2 aromatic carbocycles. The number of amides is 1. The Bertz CT molecular complexity index is 734. The van der Waals surface area contributed by atoms with Crippen LogP contribution in [0.2, 0.25) is 0 Å². The van der Waals surface area contributed by atoms with Crippen LogP contribution in [0.25, 0.3) is 0 Å². The maximum absolute atomic E-state index is 12.5. The van der Waals surface area contributed by atoms with E-state index in [9.17, 15) is 4.79 Å². The first-order valence-corrected chi connectivity index (χ1v) is 9.22. The van der Waals surface area contributed by atoms with Crippen molar-refractivity contribution in [3.05, 3.63) is 64.7 Å². The molecule has 0 fully saturated rings. The zero-order valence-corrected chi connectivity index (χ0v) is 15.3. The van der Waals surface area contributed by atoms with Gasteiger partial charge in [0, 0.05) is 5.56 Å². The van der Waals surface area contributed by atoms with Crippen molar-refractivity contribution < 1.29 is 9.53 Å². The van der Waals surface area contributed by atoms with Gasteiger partial charge >= 0.3 is 0 Å². The normalized spacial score (nSPS) is 14.7. The Morgan fingerprint density at radius 3 is 2.32 bits per heavy atom. The molecule has 1 atom stereocenters. The van der Waals surface area contributed by atoms with Gasteiger partial charge in [-0.3, -0.25) is 4.79 Å². The number of hydrogen-bond donors (Lipinski definition) is 1. The van der Waals surface area contributed by atoms with E-state index in [4.69, 9.17) is 4.74 Å². The van der Waals surface area contributed by atoms with Gasteiger partial charge in [0.2, 0.25) is 0 Å². The number of fused-ring (bicyclic) bond motifs is 1. The van der Waals surface area contributed by atoms with Crippen molar-refractivity contribution in [3.63, 3.8) is 0 Å². The van der Waals surface area contributed by atoms with E-state index in [1.807, 2.05) is 45.0 Å². The summed E-state index contributed by atoms with van der Waals surface area (Å²) in [6.45, 7) is 6.01. The highest BCUT2D eigenvalue weighted by atomic mass is 16.5. The number of carbonyl (C=O) groups excluding carboxylic acids is 1. The van der Waals surface area contributed by atoms with Crippen molar-refractivity contribution in [2.24, 2.45) is 0 Å². The predicted octanol–water partition coefficient (Wildman–Crippen LogP) is 4.84. The van der Waals surface area contributed by atoms with E-state index in [2.05, 4.69) is 23.5 Å². The molecule has 25 heavy (non-hydrogen) atoms. The van der Waals surface area contributed by atoms with Crippen LogP contribution < -0.4 is 10.1 Å². The second-order valence-electron chi connectivity index (χ2n) is 7.12. The molecule has 0 heterocycles. The van der Waals surface area contributed by atoms with E-state index in [0.717, 1.165) is 12.2 Å². The number of aryl methyl sites for hydroxylation is 2. The molecule has 0 aliphatic heterocycles. The second kappa shape index (κ2) is 7.73. The highest BCUT2D eigenvalue weighted by Crippen LogP contribution is 2.25. The van der Waals surface area contributed by atoms with Crippen molar-refractivity contribution in [2.45, 2.75) is 58.6 Å². The smallest absolute Gasteiger partial charge is 0.251 e. The summed E-state index contributed by atoms with van der Waals surface area (Å²) in [6.07, 6.45) is 5.02. The molecule has 2 aromatic rings. The molecule has 0 radical (unpaired) electrons. The maximum Gasteiger partial charge on any atom is 0.251 e. The van der Waals surface area contributed by atoms with Crippen LogP contribution in [0.5, 0.6) is 5.75 Å². The van der Waals surface area contributed by atoms with Crippen LogP contribution in [-0.2, 0) is 12.8 Å². The van der Waals surface area contributed by atoms with E-state index < -0.39 is 0 Å². The Morgan fingerprint density at radius 2 is 1.64 bits per heavy atom. The fourth-order valence-electron chi connectivity index (χ4n) is 3.34. The first kappa shape index (κ1) is 17.5. The molecular weight excluding hydrogens is 310 g/mol. The third-order valence-electron chi connectivity index (χ3n) is 4.71. The molecule has 0 bridgehead atoms. The van der Waals surface area contributed by atoms with E-state index in [1.54, 1.807) is 0 Å². The maximum atomic E-state index is 12.5. The fourth-order valence-corrected chi connectivity index (χ4v) is 3.34. The van der Waals surface area contributed by atoms with Gasteiger partial charge in [0.05, 0.1) is 12.1 Å². The Kier molecular flexibility index (Phi) is 5.42. The lowest BCUT2D eigenvalue weighted by molar-refractivity contribution is 0.0940. The molecular formula is C22H27NO2. The molecule has 0 unspecified atom stereocenters. The number of nitrogens with one attached hydrogen (secondary N) is 1. The van der Waals surface area contributed by atoms with Gasteiger partial charge in [-0.15, -0.1) is 0 Å². The minimum absolute atomic E-state index is 0.00804. The van der Waals surface area contributed by atoms with Gasteiger partial charge < -0.3 is 10.1 Å². The Morgan fingerprint density at radius 1 is 0.960 bits per heavy atom. The fraction of sp³-hybridized carbons (Fsp3) is 0.409. The average molecular weight is 337 g/mol. The second-order valence-corrected chi connectivity index (χ2v) is 7.12. The van der Waals surface area contributed by atoms with E-state index in [-0.39, 0.29) is 18.1 Å². The van der Waals surface area contributed by atoms with Gasteiger partial charge in [-0.05, 0) is 87.4 Å². The lowest BCUT2D eigenvalue weighted by Gasteiger charge is -2.20. The van der Waals surface area contributed by atoms with Gasteiger partial charge in [0.25, 0.3) is 5.91 Å². The molecule has 3 nitrogen and oxygen atoms in total. The molecule has 1 N–H and O–H groups in total. The van der Waals surface area contributed by atoms with Crippen LogP contribution in [0.1, 0.15) is 66.7 Å². The summed E-state index contributed by atoms with van der Waals surface area (Å²) in [7, 11) is 0. The van der Waals surface area contributed by atoms with E-state index in [0.29, 0.717) is 5.56 Å². The van der Waals surface area contributed by atoms with Crippen molar-refractivity contribution >= 4 is 5.91 Å². The quantitative estimate of drug-likeness (QED) is 0.847. The molecule has 3 heteroatoms. The van der Waals surface area contributed by atoms with Crippen molar-refractivity contribution in [1.82, 2.24) is 5.32 Å². The summed E-state index contributed by atoms with van der Waals surface area (Å²) in [5.74, 6) is 0.732. The summed E-state index contributed by atoms with van der Waals surface area (Å²) >= 11 is 0. The highest BCUT2D eigenvalue weighted by Gasteiger charge is 2.15. The Labute approximate surface area is 150 Å². The zero-order chi connectivity index (χ0) is 17.8. The third kappa shape index (κ3) is 4.41. The van der Waals surface area contributed by atoms with Crippen LogP contribution in [0.15, 0.2) is 42.5 Å². The summed E-state index contributed by atoms with van der Waals surface area (Å²) in [5, 5.41) is 3.10. The minimum atomic E-state index is -0.0543. The molecule has 132 valence electrons. The molecule has 1 amide bonds. The van der Waals surface area contributed by atoms with Gasteiger partial charge in [-0.1, -0.05) is 18.2 Å². The average Bonchev–Trinajstić information content (AvgIpc) is 2.61. The summed E-state index contributed by atoms with van der Waals surface area (Å²) in [4.78, 5) is 12.5. The predicted molar refractivity (Wildman–Crippen MR) is 101 cm³/mol. The number of rotatable bonds is 5. The van der Waals surface area contributed by atoms with Crippen LogP contribution in [0.4, 0.5) is 0 Å². The number of ether oxygens (including phenoxy) is 1. The SMILES string of the molecule is CC(C)Oc1ccc(C(=O)N[C@H](C)c2ccc3c(c2)CCCC3)cc1.